The number of thiazole rings is 1. The van der Waals surface area contributed by atoms with Crippen LogP contribution >= 0.6 is 11.3 Å². The van der Waals surface area contributed by atoms with Gasteiger partial charge < -0.3 is 9.47 Å². The molecule has 10 heteroatoms. The quantitative estimate of drug-likeness (QED) is 0.357. The van der Waals surface area contributed by atoms with Crippen LogP contribution in [0.4, 0.5) is 10.8 Å². The molecule has 1 aromatic heterocycles. The summed E-state index contributed by atoms with van der Waals surface area (Å²) in [5.41, 5.74) is 2.48. The molecule has 0 spiro atoms. The number of nitro groups is 1. The smallest absolute Gasteiger partial charge is 0.344 e. The van der Waals surface area contributed by atoms with E-state index in [1.165, 1.54) is 18.2 Å². The van der Waals surface area contributed by atoms with Gasteiger partial charge in [-0.25, -0.2) is 9.78 Å². The first-order chi connectivity index (χ1) is 13.8. The molecule has 0 bridgehead atoms. The zero-order valence-corrected chi connectivity index (χ0v) is 16.4. The lowest BCUT2D eigenvalue weighted by Crippen LogP contribution is -2.23. The van der Waals surface area contributed by atoms with Gasteiger partial charge in [0.25, 0.3) is 11.6 Å². The van der Waals surface area contributed by atoms with Crippen LogP contribution in [0.15, 0.2) is 36.4 Å². The van der Waals surface area contributed by atoms with Gasteiger partial charge in [0.15, 0.2) is 18.3 Å². The van der Waals surface area contributed by atoms with Gasteiger partial charge in [-0.3, -0.25) is 20.2 Å². The predicted octanol–water partition coefficient (Wildman–Crippen LogP) is 3.38. The average Bonchev–Trinajstić information content (AvgIpc) is 3.05. The Hall–Kier alpha value is -3.53. The van der Waals surface area contributed by atoms with Gasteiger partial charge in [0.2, 0.25) is 0 Å². The van der Waals surface area contributed by atoms with Crippen molar-refractivity contribution in [3.05, 3.63) is 57.6 Å². The normalized spacial score (nSPS) is 10.6. The number of carbonyl (C=O) groups is 2. The average molecular weight is 415 g/mol. The standard InChI is InChI=1S/C19H17N3O6S/c1-11-5-12(2)7-14(6-11)27-10-18(24)28-9-17(23)21-19-20-15-4-3-13(22(25)26)8-16(15)29-19/h3-8H,9-10H2,1-2H3,(H,20,21,23). The fourth-order valence-corrected chi connectivity index (χ4v) is 3.50. The molecule has 150 valence electrons. The number of nitro benzene ring substituents is 1. The van der Waals surface area contributed by atoms with Crippen LogP contribution in [-0.4, -0.2) is 35.0 Å². The molecule has 2 aromatic carbocycles. The summed E-state index contributed by atoms with van der Waals surface area (Å²) in [5.74, 6) is -0.704. The largest absolute Gasteiger partial charge is 0.482 e. The summed E-state index contributed by atoms with van der Waals surface area (Å²) in [4.78, 5) is 38.2. The van der Waals surface area contributed by atoms with Crippen LogP contribution in [0.2, 0.25) is 0 Å². The van der Waals surface area contributed by atoms with Crippen LogP contribution in [0.3, 0.4) is 0 Å². The minimum atomic E-state index is -0.681. The third-order valence-corrected chi connectivity index (χ3v) is 4.68. The first-order valence-electron chi connectivity index (χ1n) is 8.52. The zero-order chi connectivity index (χ0) is 21.0. The Labute approximate surface area is 169 Å². The van der Waals surface area contributed by atoms with Gasteiger partial charge in [-0.2, -0.15) is 0 Å². The Morgan fingerprint density at radius 2 is 1.86 bits per heavy atom. The van der Waals surface area contributed by atoms with Crippen molar-refractivity contribution in [3.8, 4) is 5.75 Å². The molecule has 0 atom stereocenters. The van der Waals surface area contributed by atoms with Crippen LogP contribution in [-0.2, 0) is 14.3 Å². The fourth-order valence-electron chi connectivity index (χ4n) is 2.58. The molecule has 29 heavy (non-hydrogen) atoms. The molecule has 0 saturated carbocycles. The van der Waals surface area contributed by atoms with Crippen LogP contribution in [0.25, 0.3) is 10.2 Å². The number of carbonyl (C=O) groups excluding carboxylic acids is 2. The summed E-state index contributed by atoms with van der Waals surface area (Å²) in [6.45, 7) is 3.03. The SMILES string of the molecule is Cc1cc(C)cc(OCC(=O)OCC(=O)Nc2nc3ccc([N+](=O)[O-])cc3s2)c1. The molecule has 0 aliphatic carbocycles. The Kier molecular flexibility index (Phi) is 6.03. The minimum Gasteiger partial charge on any atom is -0.482 e. The predicted molar refractivity (Wildman–Crippen MR) is 107 cm³/mol. The summed E-state index contributed by atoms with van der Waals surface area (Å²) < 4.78 is 10.8. The number of aromatic nitrogens is 1. The number of esters is 1. The van der Waals surface area contributed by atoms with E-state index in [-0.39, 0.29) is 17.4 Å². The van der Waals surface area contributed by atoms with Crippen LogP contribution in [0.1, 0.15) is 11.1 Å². The van der Waals surface area contributed by atoms with E-state index in [1.54, 1.807) is 12.1 Å². The maximum absolute atomic E-state index is 12.0. The number of benzene rings is 2. The molecule has 0 fully saturated rings. The minimum absolute atomic E-state index is 0.0586. The molecule has 1 amide bonds. The van der Waals surface area contributed by atoms with Crippen molar-refractivity contribution in [2.45, 2.75) is 13.8 Å². The van der Waals surface area contributed by atoms with Gasteiger partial charge in [-0.05, 0) is 43.2 Å². The van der Waals surface area contributed by atoms with Gasteiger partial charge in [0, 0.05) is 12.1 Å². The van der Waals surface area contributed by atoms with Crippen molar-refractivity contribution in [2.24, 2.45) is 0 Å². The van der Waals surface area contributed by atoms with E-state index < -0.39 is 23.4 Å². The number of hydrogen-bond acceptors (Lipinski definition) is 8. The van der Waals surface area contributed by atoms with Crippen LogP contribution in [0, 0.1) is 24.0 Å². The monoisotopic (exact) mass is 415 g/mol. The Balaban J connectivity index is 1.49. The van der Waals surface area contributed by atoms with E-state index >= 15 is 0 Å². The van der Waals surface area contributed by atoms with Gasteiger partial charge in [-0.15, -0.1) is 0 Å². The lowest BCUT2D eigenvalue weighted by molar-refractivity contribution is -0.384. The number of fused-ring (bicyclic) bond motifs is 1. The maximum atomic E-state index is 12.0. The highest BCUT2D eigenvalue weighted by Crippen LogP contribution is 2.29. The van der Waals surface area contributed by atoms with E-state index in [2.05, 4.69) is 10.3 Å². The molecule has 0 saturated heterocycles. The number of non-ortho nitro benzene ring substituents is 1. The van der Waals surface area contributed by atoms with Crippen molar-refractivity contribution in [3.63, 3.8) is 0 Å². The van der Waals surface area contributed by atoms with Crippen LogP contribution in [0.5, 0.6) is 5.75 Å². The van der Waals surface area contributed by atoms with Crippen LogP contribution < -0.4 is 10.1 Å². The molecule has 9 nitrogen and oxygen atoms in total. The topological polar surface area (TPSA) is 121 Å². The number of aryl methyl sites for hydroxylation is 2. The molecule has 0 radical (unpaired) electrons. The third-order valence-electron chi connectivity index (χ3n) is 3.75. The van der Waals surface area contributed by atoms with Gasteiger partial charge in [0.1, 0.15) is 5.75 Å². The Bertz CT molecular complexity index is 1070. The highest BCUT2D eigenvalue weighted by molar-refractivity contribution is 7.22. The van der Waals surface area contributed by atoms with Gasteiger partial charge in [-0.1, -0.05) is 17.4 Å². The highest BCUT2D eigenvalue weighted by atomic mass is 32.1. The lowest BCUT2D eigenvalue weighted by atomic mass is 10.1. The fraction of sp³-hybridized carbons (Fsp3) is 0.211. The molecule has 0 aliphatic rings. The van der Waals surface area contributed by atoms with Gasteiger partial charge >= 0.3 is 5.97 Å². The summed E-state index contributed by atoms with van der Waals surface area (Å²) in [6.07, 6.45) is 0. The second-order valence-electron chi connectivity index (χ2n) is 6.25. The molecule has 1 heterocycles. The number of hydrogen-bond donors (Lipinski definition) is 1. The molecule has 0 unspecified atom stereocenters. The third kappa shape index (κ3) is 5.48. The lowest BCUT2D eigenvalue weighted by Gasteiger charge is -2.08. The molecular formula is C19H17N3O6S. The van der Waals surface area contributed by atoms with E-state index in [0.717, 1.165) is 22.5 Å². The van der Waals surface area contributed by atoms with E-state index in [4.69, 9.17) is 9.47 Å². The number of rotatable bonds is 7. The molecular weight excluding hydrogens is 398 g/mol. The second kappa shape index (κ2) is 8.65. The van der Waals surface area contributed by atoms with Crippen molar-refractivity contribution < 1.29 is 24.0 Å². The molecule has 0 aliphatic heterocycles. The molecule has 3 rings (SSSR count). The molecule has 3 aromatic rings. The van der Waals surface area contributed by atoms with Gasteiger partial charge in [0.05, 0.1) is 15.1 Å². The number of anilines is 1. The first-order valence-corrected chi connectivity index (χ1v) is 9.33. The second-order valence-corrected chi connectivity index (χ2v) is 7.28. The number of amides is 1. The summed E-state index contributed by atoms with van der Waals surface area (Å²) in [6, 6.07) is 9.80. The van der Waals surface area contributed by atoms with Crippen molar-refractivity contribution in [1.29, 1.82) is 0 Å². The summed E-state index contributed by atoms with van der Waals surface area (Å²) in [5, 5.41) is 13.6. The van der Waals surface area contributed by atoms with Crippen molar-refractivity contribution in [1.82, 2.24) is 4.98 Å². The number of nitrogens with zero attached hydrogens (tertiary/aromatic N) is 2. The van der Waals surface area contributed by atoms with E-state index in [9.17, 15) is 19.7 Å². The Morgan fingerprint density at radius 3 is 2.55 bits per heavy atom. The number of ether oxygens (including phenoxy) is 2. The highest BCUT2D eigenvalue weighted by Gasteiger charge is 2.13. The van der Waals surface area contributed by atoms with E-state index in [1.807, 2.05) is 19.9 Å². The molecule has 1 N–H and O–H groups in total. The maximum Gasteiger partial charge on any atom is 0.344 e. The first kappa shape index (κ1) is 20.2. The van der Waals surface area contributed by atoms with E-state index in [0.29, 0.717) is 16.0 Å². The number of nitrogens with one attached hydrogen (secondary N) is 1. The van der Waals surface area contributed by atoms with Crippen molar-refractivity contribution >= 4 is 44.2 Å². The zero-order valence-electron chi connectivity index (χ0n) is 15.6. The summed E-state index contributed by atoms with van der Waals surface area (Å²) in [7, 11) is 0. The van der Waals surface area contributed by atoms with Crippen molar-refractivity contribution in [2.75, 3.05) is 18.5 Å². The summed E-state index contributed by atoms with van der Waals surface area (Å²) >= 11 is 1.09. The Morgan fingerprint density at radius 1 is 1.14 bits per heavy atom.